The zero-order valence-electron chi connectivity index (χ0n) is 9.30. The van der Waals surface area contributed by atoms with Crippen LogP contribution in [-0.4, -0.2) is 5.78 Å². The largest absolute Gasteiger partial charge is 0.293 e. The van der Waals surface area contributed by atoms with Crippen LogP contribution < -0.4 is 0 Å². The normalized spacial score (nSPS) is 18.8. The molecule has 0 spiro atoms. The van der Waals surface area contributed by atoms with Gasteiger partial charge in [0.05, 0.1) is 5.25 Å². The standard InChI is InChI=1S/C15H12OS/c16-14-13-9-5-4-8-12(13)10-17-15(14)11-6-2-1-3-7-11/h1-9,15H,10H2. The Labute approximate surface area is 105 Å². The molecule has 0 saturated carbocycles. The minimum absolute atomic E-state index is 0.0360. The fraction of sp³-hybridized carbons (Fsp3) is 0.133. The number of hydrogen-bond donors (Lipinski definition) is 0. The lowest BCUT2D eigenvalue weighted by Crippen LogP contribution is -2.16. The van der Waals surface area contributed by atoms with Gasteiger partial charge in [0.25, 0.3) is 0 Å². The summed E-state index contributed by atoms with van der Waals surface area (Å²) in [5, 5.41) is -0.0360. The van der Waals surface area contributed by atoms with Crippen LogP contribution in [0.3, 0.4) is 0 Å². The molecule has 0 radical (unpaired) electrons. The molecule has 0 saturated heterocycles. The Balaban J connectivity index is 2.00. The Kier molecular flexibility index (Phi) is 2.73. The van der Waals surface area contributed by atoms with Crippen LogP contribution in [0, 0.1) is 0 Å². The van der Waals surface area contributed by atoms with Crippen LogP contribution in [-0.2, 0) is 5.75 Å². The van der Waals surface area contributed by atoms with Crippen LogP contribution >= 0.6 is 11.8 Å². The van der Waals surface area contributed by atoms with Gasteiger partial charge in [-0.2, -0.15) is 0 Å². The maximum absolute atomic E-state index is 12.4. The van der Waals surface area contributed by atoms with Gasteiger partial charge in [-0.15, -0.1) is 11.8 Å². The lowest BCUT2D eigenvalue weighted by molar-refractivity contribution is 0.0987. The molecule has 1 aliphatic rings. The summed E-state index contributed by atoms with van der Waals surface area (Å²) in [6.45, 7) is 0. The maximum Gasteiger partial charge on any atom is 0.180 e. The van der Waals surface area contributed by atoms with E-state index < -0.39 is 0 Å². The molecular formula is C15H12OS. The summed E-state index contributed by atoms with van der Waals surface area (Å²) in [7, 11) is 0. The highest BCUT2D eigenvalue weighted by Crippen LogP contribution is 2.39. The van der Waals surface area contributed by atoms with Crippen LogP contribution in [0.4, 0.5) is 0 Å². The van der Waals surface area contributed by atoms with Crippen molar-refractivity contribution in [1.82, 2.24) is 0 Å². The number of carbonyl (C=O) groups excluding carboxylic acids is 1. The summed E-state index contributed by atoms with van der Waals surface area (Å²) in [6, 6.07) is 17.9. The van der Waals surface area contributed by atoms with Crippen molar-refractivity contribution in [3.8, 4) is 0 Å². The smallest absolute Gasteiger partial charge is 0.180 e. The molecular weight excluding hydrogens is 228 g/mol. The van der Waals surface area contributed by atoms with Crippen LogP contribution in [0.5, 0.6) is 0 Å². The number of thioether (sulfide) groups is 1. The topological polar surface area (TPSA) is 17.1 Å². The van der Waals surface area contributed by atoms with Crippen molar-refractivity contribution in [2.75, 3.05) is 0 Å². The zero-order valence-corrected chi connectivity index (χ0v) is 10.1. The van der Waals surface area contributed by atoms with E-state index in [-0.39, 0.29) is 11.0 Å². The number of hydrogen-bond acceptors (Lipinski definition) is 2. The zero-order chi connectivity index (χ0) is 11.7. The van der Waals surface area contributed by atoms with Gasteiger partial charge in [0.2, 0.25) is 0 Å². The van der Waals surface area contributed by atoms with Crippen molar-refractivity contribution in [1.29, 1.82) is 0 Å². The minimum atomic E-state index is -0.0360. The van der Waals surface area contributed by atoms with Gasteiger partial charge < -0.3 is 0 Å². The van der Waals surface area contributed by atoms with E-state index in [4.69, 9.17) is 0 Å². The third kappa shape index (κ3) is 1.89. The minimum Gasteiger partial charge on any atom is -0.293 e. The molecule has 2 aromatic rings. The third-order valence-electron chi connectivity index (χ3n) is 3.03. The van der Waals surface area contributed by atoms with Gasteiger partial charge in [0.1, 0.15) is 0 Å². The Morgan fingerprint density at radius 1 is 0.941 bits per heavy atom. The molecule has 2 heteroatoms. The fourth-order valence-corrected chi connectivity index (χ4v) is 3.38. The lowest BCUT2D eigenvalue weighted by Gasteiger charge is -2.23. The number of benzene rings is 2. The molecule has 1 aliphatic heterocycles. The second-order valence-electron chi connectivity index (χ2n) is 4.12. The Morgan fingerprint density at radius 2 is 1.65 bits per heavy atom. The third-order valence-corrected chi connectivity index (χ3v) is 4.33. The molecule has 0 fully saturated rings. The molecule has 0 aliphatic carbocycles. The van der Waals surface area contributed by atoms with Crippen LogP contribution in [0.15, 0.2) is 54.6 Å². The van der Waals surface area contributed by atoms with E-state index in [1.807, 2.05) is 54.6 Å². The number of carbonyl (C=O) groups is 1. The lowest BCUT2D eigenvalue weighted by atomic mass is 9.98. The van der Waals surface area contributed by atoms with E-state index >= 15 is 0 Å². The van der Waals surface area contributed by atoms with Crippen molar-refractivity contribution in [3.05, 3.63) is 71.3 Å². The highest BCUT2D eigenvalue weighted by atomic mass is 32.2. The fourth-order valence-electron chi connectivity index (χ4n) is 2.15. The number of Topliss-reactive ketones (excluding diaryl/α,β-unsaturated/α-hetero) is 1. The number of fused-ring (bicyclic) bond motifs is 1. The molecule has 0 amide bonds. The Bertz CT molecular complexity index is 548. The first-order valence-corrected chi connectivity index (χ1v) is 6.70. The van der Waals surface area contributed by atoms with Crippen LogP contribution in [0.1, 0.15) is 26.7 Å². The Hall–Kier alpha value is -1.54. The molecule has 0 bridgehead atoms. The maximum atomic E-state index is 12.4. The molecule has 0 N–H and O–H groups in total. The van der Waals surface area contributed by atoms with Crippen molar-refractivity contribution < 1.29 is 4.79 Å². The molecule has 1 heterocycles. The number of ketones is 1. The summed E-state index contributed by atoms with van der Waals surface area (Å²) in [6.07, 6.45) is 0. The molecule has 17 heavy (non-hydrogen) atoms. The molecule has 1 atom stereocenters. The van der Waals surface area contributed by atoms with E-state index in [2.05, 4.69) is 0 Å². The van der Waals surface area contributed by atoms with Gasteiger partial charge in [-0.25, -0.2) is 0 Å². The monoisotopic (exact) mass is 240 g/mol. The summed E-state index contributed by atoms with van der Waals surface area (Å²) >= 11 is 1.72. The SMILES string of the molecule is O=C1c2ccccc2CSC1c1ccccc1. The Morgan fingerprint density at radius 3 is 2.47 bits per heavy atom. The van der Waals surface area contributed by atoms with Crippen molar-refractivity contribution in [2.24, 2.45) is 0 Å². The van der Waals surface area contributed by atoms with Gasteiger partial charge >= 0.3 is 0 Å². The predicted molar refractivity (Wildman–Crippen MR) is 71.3 cm³/mol. The van der Waals surface area contributed by atoms with E-state index in [0.717, 1.165) is 22.4 Å². The van der Waals surface area contributed by atoms with Gasteiger partial charge in [0.15, 0.2) is 5.78 Å². The van der Waals surface area contributed by atoms with Gasteiger partial charge in [-0.1, -0.05) is 54.6 Å². The van der Waals surface area contributed by atoms with E-state index in [1.165, 1.54) is 0 Å². The predicted octanol–water partition coefficient (Wildman–Crippen LogP) is 3.86. The highest BCUT2D eigenvalue weighted by Gasteiger charge is 2.28. The summed E-state index contributed by atoms with van der Waals surface area (Å²) in [4.78, 5) is 12.4. The second-order valence-corrected chi connectivity index (χ2v) is 5.22. The molecule has 0 aromatic heterocycles. The average Bonchev–Trinajstić information content (AvgIpc) is 2.40. The van der Waals surface area contributed by atoms with Crippen LogP contribution in [0.25, 0.3) is 0 Å². The second kappa shape index (κ2) is 4.38. The van der Waals surface area contributed by atoms with Crippen molar-refractivity contribution >= 4 is 17.5 Å². The first-order valence-electron chi connectivity index (χ1n) is 5.65. The van der Waals surface area contributed by atoms with Gasteiger partial charge in [0, 0.05) is 11.3 Å². The van der Waals surface area contributed by atoms with Gasteiger partial charge in [-0.3, -0.25) is 4.79 Å². The summed E-state index contributed by atoms with van der Waals surface area (Å²) < 4.78 is 0. The van der Waals surface area contributed by atoms with Crippen LogP contribution in [0.2, 0.25) is 0 Å². The highest BCUT2D eigenvalue weighted by molar-refractivity contribution is 7.99. The van der Waals surface area contributed by atoms with E-state index in [0.29, 0.717) is 0 Å². The van der Waals surface area contributed by atoms with E-state index in [1.54, 1.807) is 11.8 Å². The number of rotatable bonds is 1. The molecule has 2 aromatic carbocycles. The summed E-state index contributed by atoms with van der Waals surface area (Å²) in [5.41, 5.74) is 3.16. The average molecular weight is 240 g/mol. The molecule has 1 nitrogen and oxygen atoms in total. The van der Waals surface area contributed by atoms with E-state index in [9.17, 15) is 4.79 Å². The van der Waals surface area contributed by atoms with Crippen molar-refractivity contribution in [3.63, 3.8) is 0 Å². The van der Waals surface area contributed by atoms with Crippen molar-refractivity contribution in [2.45, 2.75) is 11.0 Å². The first-order chi connectivity index (χ1) is 8.36. The first kappa shape index (κ1) is 10.6. The molecule has 84 valence electrons. The summed E-state index contributed by atoms with van der Waals surface area (Å²) in [5.74, 6) is 1.16. The quantitative estimate of drug-likeness (QED) is 0.753. The molecule has 1 unspecified atom stereocenters. The molecule has 3 rings (SSSR count). The van der Waals surface area contributed by atoms with Gasteiger partial charge in [-0.05, 0) is 11.1 Å².